The first-order valence-corrected chi connectivity index (χ1v) is 9.19. The minimum absolute atomic E-state index is 0. The van der Waals surface area contributed by atoms with E-state index in [1.54, 1.807) is 0 Å². The summed E-state index contributed by atoms with van der Waals surface area (Å²) in [6, 6.07) is 10.0. The number of nitrogens with zero attached hydrogens (tertiary/aromatic N) is 2. The topological polar surface area (TPSA) is 71.0 Å². The molecule has 0 spiro atoms. The van der Waals surface area contributed by atoms with Crippen LogP contribution in [0.25, 0.3) is 0 Å². The molecule has 0 heterocycles. The van der Waals surface area contributed by atoms with Gasteiger partial charge in [0.05, 0.1) is 25.5 Å². The van der Waals surface area contributed by atoms with E-state index in [-0.39, 0.29) is 36.3 Å². The highest BCUT2D eigenvalue weighted by Gasteiger charge is 2.03. The van der Waals surface area contributed by atoms with E-state index in [0.29, 0.717) is 19.7 Å². The van der Waals surface area contributed by atoms with Crippen molar-refractivity contribution in [2.45, 2.75) is 6.54 Å². The van der Waals surface area contributed by atoms with E-state index in [1.165, 1.54) is 6.26 Å². The minimum Gasteiger partial charge on any atom is -0.379 e. The zero-order valence-electron chi connectivity index (χ0n) is 13.9. The molecule has 1 rings (SSSR count). The Balaban J connectivity index is 0.00000484. The van der Waals surface area contributed by atoms with Gasteiger partial charge in [-0.25, -0.2) is 13.4 Å². The molecule has 6 nitrogen and oxygen atoms in total. The van der Waals surface area contributed by atoms with Crippen molar-refractivity contribution in [3.8, 4) is 0 Å². The van der Waals surface area contributed by atoms with Crippen molar-refractivity contribution >= 4 is 39.8 Å². The Morgan fingerprint density at radius 3 is 2.43 bits per heavy atom. The van der Waals surface area contributed by atoms with Gasteiger partial charge >= 0.3 is 0 Å². The lowest BCUT2D eigenvalue weighted by Crippen LogP contribution is -2.38. The second kappa shape index (κ2) is 11.6. The largest absolute Gasteiger partial charge is 0.379 e. The van der Waals surface area contributed by atoms with E-state index in [9.17, 15) is 8.42 Å². The zero-order valence-corrected chi connectivity index (χ0v) is 17.0. The van der Waals surface area contributed by atoms with Crippen LogP contribution in [-0.2, 0) is 21.1 Å². The van der Waals surface area contributed by atoms with Crippen LogP contribution in [0.5, 0.6) is 0 Å². The molecule has 1 N–H and O–H groups in total. The van der Waals surface area contributed by atoms with Crippen LogP contribution in [0.2, 0.25) is 0 Å². The Hall–Kier alpha value is -0.870. The zero-order chi connectivity index (χ0) is 16.4. The van der Waals surface area contributed by atoms with Crippen molar-refractivity contribution < 1.29 is 13.2 Å². The lowest BCUT2D eigenvalue weighted by molar-refractivity contribution is 0.153. The SMILES string of the molecule is CN(C)C(=NCc1ccccc1)NCCOCCS(C)(=O)=O.I. The summed E-state index contributed by atoms with van der Waals surface area (Å²) in [7, 11) is 0.878. The van der Waals surface area contributed by atoms with Gasteiger partial charge < -0.3 is 15.0 Å². The second-order valence-corrected chi connectivity index (χ2v) is 7.45. The van der Waals surface area contributed by atoms with Crippen LogP contribution in [0.3, 0.4) is 0 Å². The van der Waals surface area contributed by atoms with Crippen molar-refractivity contribution in [1.29, 1.82) is 0 Å². The summed E-state index contributed by atoms with van der Waals surface area (Å²) in [6.07, 6.45) is 1.20. The summed E-state index contributed by atoms with van der Waals surface area (Å²) >= 11 is 0. The summed E-state index contributed by atoms with van der Waals surface area (Å²) in [5.41, 5.74) is 1.15. The number of nitrogens with one attached hydrogen (secondary N) is 1. The smallest absolute Gasteiger partial charge is 0.193 e. The number of hydrogen-bond donors (Lipinski definition) is 1. The number of benzene rings is 1. The lowest BCUT2D eigenvalue weighted by Gasteiger charge is -2.17. The monoisotopic (exact) mass is 455 g/mol. The maximum Gasteiger partial charge on any atom is 0.193 e. The van der Waals surface area contributed by atoms with Gasteiger partial charge in [0.15, 0.2) is 5.96 Å². The highest BCUT2D eigenvalue weighted by molar-refractivity contribution is 14.0. The molecule has 0 aliphatic heterocycles. The van der Waals surface area contributed by atoms with Crippen molar-refractivity contribution in [1.82, 2.24) is 10.2 Å². The van der Waals surface area contributed by atoms with Gasteiger partial charge in [-0.3, -0.25) is 0 Å². The third kappa shape index (κ3) is 11.3. The van der Waals surface area contributed by atoms with Crippen LogP contribution >= 0.6 is 24.0 Å². The molecule has 0 bridgehead atoms. The fourth-order valence-electron chi connectivity index (χ4n) is 1.65. The molecule has 0 atom stereocenters. The molecule has 132 valence electrons. The maximum atomic E-state index is 11.0. The summed E-state index contributed by atoms with van der Waals surface area (Å²) in [5.74, 6) is 0.825. The molecule has 1 aromatic rings. The van der Waals surface area contributed by atoms with Gasteiger partial charge in [-0.2, -0.15) is 0 Å². The van der Waals surface area contributed by atoms with E-state index in [0.717, 1.165) is 11.5 Å². The number of ether oxygens (including phenoxy) is 1. The highest BCUT2D eigenvalue weighted by atomic mass is 127. The number of hydrogen-bond acceptors (Lipinski definition) is 4. The predicted molar refractivity (Wildman–Crippen MR) is 105 cm³/mol. The number of guanidine groups is 1. The normalized spacial score (nSPS) is 11.7. The number of rotatable bonds is 8. The van der Waals surface area contributed by atoms with Crippen LogP contribution in [0, 0.1) is 0 Å². The van der Waals surface area contributed by atoms with Crippen molar-refractivity contribution in [3.05, 3.63) is 35.9 Å². The van der Waals surface area contributed by atoms with Crippen molar-refractivity contribution in [2.75, 3.05) is 45.9 Å². The first-order chi connectivity index (χ1) is 10.4. The molecule has 23 heavy (non-hydrogen) atoms. The molecule has 0 aromatic heterocycles. The third-order valence-corrected chi connectivity index (χ3v) is 3.71. The van der Waals surface area contributed by atoms with Gasteiger partial charge in [0.2, 0.25) is 0 Å². The molecule has 0 aliphatic rings. The molecule has 0 radical (unpaired) electrons. The molecule has 0 saturated carbocycles. The molecule has 1 aromatic carbocycles. The number of halogens is 1. The Bertz CT molecular complexity index is 563. The molecule has 0 unspecified atom stereocenters. The Labute approximate surface area is 156 Å². The molecule has 0 amide bonds. The summed E-state index contributed by atoms with van der Waals surface area (Å²) < 4.78 is 27.2. The van der Waals surface area contributed by atoms with Crippen LogP contribution in [0.1, 0.15) is 5.56 Å². The summed E-state index contributed by atoms with van der Waals surface area (Å²) in [4.78, 5) is 6.43. The Morgan fingerprint density at radius 1 is 1.22 bits per heavy atom. The fourth-order valence-corrected chi connectivity index (χ4v) is 2.07. The van der Waals surface area contributed by atoms with Gasteiger partial charge in [-0.05, 0) is 5.56 Å². The molecule has 8 heteroatoms. The van der Waals surface area contributed by atoms with Crippen molar-refractivity contribution in [2.24, 2.45) is 4.99 Å². The highest BCUT2D eigenvalue weighted by Crippen LogP contribution is 2.00. The molecule has 0 fully saturated rings. The van der Waals surface area contributed by atoms with E-state index >= 15 is 0 Å². The average Bonchev–Trinajstić information content (AvgIpc) is 2.45. The van der Waals surface area contributed by atoms with Gasteiger partial charge in [0.1, 0.15) is 9.84 Å². The van der Waals surface area contributed by atoms with Gasteiger partial charge in [-0.15, -0.1) is 24.0 Å². The summed E-state index contributed by atoms with van der Waals surface area (Å²) in [5, 5.41) is 3.19. The van der Waals surface area contributed by atoms with Crippen LogP contribution < -0.4 is 5.32 Å². The number of aliphatic imine (C=N–C) groups is 1. The van der Waals surface area contributed by atoms with Crippen molar-refractivity contribution in [3.63, 3.8) is 0 Å². The van der Waals surface area contributed by atoms with Crippen LogP contribution in [0.4, 0.5) is 0 Å². The molecule has 0 aliphatic carbocycles. The molecular formula is C15H26IN3O3S. The van der Waals surface area contributed by atoms with Crippen LogP contribution in [-0.4, -0.2) is 65.1 Å². The lowest BCUT2D eigenvalue weighted by atomic mass is 10.2. The number of sulfone groups is 1. The minimum atomic E-state index is -2.96. The standard InChI is InChI=1S/C15H25N3O3S.HI/c1-18(2)15(17-13-14-7-5-4-6-8-14)16-9-10-21-11-12-22(3,19)20;/h4-8H,9-13H2,1-3H3,(H,16,17);1H. The third-order valence-electron chi connectivity index (χ3n) is 2.81. The van der Waals surface area contributed by atoms with E-state index in [2.05, 4.69) is 10.3 Å². The van der Waals surface area contributed by atoms with Gasteiger partial charge in [-0.1, -0.05) is 30.3 Å². The first kappa shape index (κ1) is 22.1. The summed E-state index contributed by atoms with van der Waals surface area (Å²) in [6.45, 7) is 1.85. The van der Waals surface area contributed by atoms with E-state index in [1.807, 2.05) is 49.3 Å². The predicted octanol–water partition coefficient (Wildman–Crippen LogP) is 1.37. The first-order valence-electron chi connectivity index (χ1n) is 7.13. The second-order valence-electron chi connectivity index (χ2n) is 5.19. The Morgan fingerprint density at radius 2 is 1.87 bits per heavy atom. The molecule has 0 saturated heterocycles. The fraction of sp³-hybridized carbons (Fsp3) is 0.533. The molecular weight excluding hydrogens is 429 g/mol. The van der Waals surface area contributed by atoms with Gasteiger partial charge in [0, 0.05) is 26.9 Å². The van der Waals surface area contributed by atoms with E-state index < -0.39 is 9.84 Å². The van der Waals surface area contributed by atoms with Crippen LogP contribution in [0.15, 0.2) is 35.3 Å². The average molecular weight is 455 g/mol. The Kier molecular flexibility index (Phi) is 11.2. The van der Waals surface area contributed by atoms with Gasteiger partial charge in [0.25, 0.3) is 0 Å². The quantitative estimate of drug-likeness (QED) is 0.278. The van der Waals surface area contributed by atoms with E-state index in [4.69, 9.17) is 4.74 Å². The maximum absolute atomic E-state index is 11.0.